The molecule has 15 heteroatoms. The lowest BCUT2D eigenvalue weighted by Gasteiger charge is -2.20. The molecule has 0 aromatic heterocycles. The number of amides is 1. The summed E-state index contributed by atoms with van der Waals surface area (Å²) in [6.45, 7) is -1.51. The number of rotatable bonds is 5. The van der Waals surface area contributed by atoms with Gasteiger partial charge in [0, 0.05) is 18.7 Å². The first-order chi connectivity index (χ1) is 13.7. The fourth-order valence-electron chi connectivity index (χ4n) is 3.00. The minimum Gasteiger partial charge on any atom is -0.506 e. The van der Waals surface area contributed by atoms with Gasteiger partial charge in [-0.3, -0.25) is 4.79 Å². The summed E-state index contributed by atoms with van der Waals surface area (Å²) in [5, 5.41) is 9.95. The van der Waals surface area contributed by atoms with Crippen LogP contribution in [0.15, 0.2) is 18.2 Å². The number of carbonyl (C=O) groups excluding carboxylic acids is 1. The third-order valence-electron chi connectivity index (χ3n) is 4.44. The molecular formula is C15H15F4N3O6S2. The van der Waals surface area contributed by atoms with Crippen LogP contribution in [0.5, 0.6) is 5.75 Å². The lowest BCUT2D eigenvalue weighted by atomic mass is 10.0. The topological polar surface area (TPSA) is 124 Å². The molecule has 1 saturated heterocycles. The van der Waals surface area contributed by atoms with Crippen LogP contribution in [0, 0.1) is 5.82 Å². The van der Waals surface area contributed by atoms with Crippen molar-refractivity contribution in [2.24, 2.45) is 0 Å². The van der Waals surface area contributed by atoms with E-state index in [-0.39, 0.29) is 17.7 Å². The number of alkyl halides is 3. The van der Waals surface area contributed by atoms with Gasteiger partial charge in [-0.05, 0) is 17.7 Å². The summed E-state index contributed by atoms with van der Waals surface area (Å²) >= 11 is 0. The van der Waals surface area contributed by atoms with E-state index in [0.717, 1.165) is 16.4 Å². The maximum atomic E-state index is 15.1. The van der Waals surface area contributed by atoms with Gasteiger partial charge in [0.2, 0.25) is 10.0 Å². The number of phenols is 1. The predicted molar refractivity (Wildman–Crippen MR) is 96.5 cm³/mol. The zero-order valence-electron chi connectivity index (χ0n) is 15.0. The van der Waals surface area contributed by atoms with Crippen molar-refractivity contribution in [3.05, 3.63) is 29.6 Å². The average Bonchev–Trinajstić information content (AvgIpc) is 3.18. The first-order valence-electron chi connectivity index (χ1n) is 8.30. The Morgan fingerprint density at radius 1 is 1.20 bits per heavy atom. The van der Waals surface area contributed by atoms with Gasteiger partial charge in [-0.2, -0.15) is 25.9 Å². The molecule has 1 fully saturated rings. The molecule has 0 aliphatic carbocycles. The van der Waals surface area contributed by atoms with Gasteiger partial charge in [0.15, 0.2) is 5.82 Å². The Balaban J connectivity index is 1.87. The average molecular weight is 473 g/mol. The third kappa shape index (κ3) is 4.37. The van der Waals surface area contributed by atoms with Gasteiger partial charge >= 0.3 is 16.4 Å². The molecular weight excluding hydrogens is 458 g/mol. The fraction of sp³-hybridized carbons (Fsp3) is 0.400. The first kappa shape index (κ1) is 22.3. The Hall–Kier alpha value is -2.39. The van der Waals surface area contributed by atoms with Crippen molar-refractivity contribution in [2.45, 2.75) is 12.6 Å². The summed E-state index contributed by atoms with van der Waals surface area (Å²) < 4.78 is 103. The molecule has 2 heterocycles. The molecule has 1 amide bonds. The summed E-state index contributed by atoms with van der Waals surface area (Å²) in [5.41, 5.74) is -0.990. The van der Waals surface area contributed by atoms with Crippen LogP contribution in [0.4, 0.5) is 23.2 Å². The monoisotopic (exact) mass is 473 g/mol. The van der Waals surface area contributed by atoms with Crippen LogP contribution in [0.3, 0.4) is 0 Å². The number of phenolic OH excluding ortho intramolecular Hbond substituents is 1. The number of halogens is 4. The van der Waals surface area contributed by atoms with Crippen molar-refractivity contribution in [1.82, 2.24) is 9.03 Å². The highest BCUT2D eigenvalue weighted by Gasteiger charge is 2.39. The number of hydrogen-bond donors (Lipinski definition) is 2. The SMILES string of the molecule is O=C1CN(c2c(O)ccc(C3=CCN(S(=O)(=O)CCC(F)(F)F)C3)c2F)S(=O)(=O)N1. The molecule has 2 N–H and O–H groups in total. The fourth-order valence-corrected chi connectivity index (χ4v) is 5.55. The number of sulfonamides is 1. The van der Waals surface area contributed by atoms with E-state index in [1.54, 1.807) is 4.72 Å². The quantitative estimate of drug-likeness (QED) is 0.607. The van der Waals surface area contributed by atoms with Crippen LogP contribution in [0.25, 0.3) is 5.57 Å². The number of nitrogens with zero attached hydrogens (tertiary/aromatic N) is 2. The molecule has 166 valence electrons. The molecule has 2 aliphatic heterocycles. The van der Waals surface area contributed by atoms with Crippen molar-refractivity contribution in [3.8, 4) is 5.75 Å². The van der Waals surface area contributed by atoms with Gasteiger partial charge in [0.1, 0.15) is 18.0 Å². The third-order valence-corrected chi connectivity index (χ3v) is 7.60. The summed E-state index contributed by atoms with van der Waals surface area (Å²) in [4.78, 5) is 11.4. The molecule has 30 heavy (non-hydrogen) atoms. The largest absolute Gasteiger partial charge is 0.506 e. The van der Waals surface area contributed by atoms with E-state index in [1.807, 2.05) is 0 Å². The number of aromatic hydroxyl groups is 1. The zero-order chi connectivity index (χ0) is 22.5. The van der Waals surface area contributed by atoms with Crippen molar-refractivity contribution < 1.29 is 44.3 Å². The highest BCUT2D eigenvalue weighted by molar-refractivity contribution is 7.92. The lowest BCUT2D eigenvalue weighted by molar-refractivity contribution is -0.130. The molecule has 1 aromatic rings. The molecule has 3 rings (SSSR count). The number of benzene rings is 1. The molecule has 0 saturated carbocycles. The second kappa shape index (κ2) is 7.39. The van der Waals surface area contributed by atoms with E-state index in [9.17, 15) is 39.9 Å². The van der Waals surface area contributed by atoms with Gasteiger partial charge in [-0.15, -0.1) is 0 Å². The molecule has 0 spiro atoms. The minimum absolute atomic E-state index is 0.0696. The Labute approximate surface area is 168 Å². The molecule has 9 nitrogen and oxygen atoms in total. The molecule has 1 aromatic carbocycles. The van der Waals surface area contributed by atoms with E-state index in [0.29, 0.717) is 4.31 Å². The van der Waals surface area contributed by atoms with E-state index >= 15 is 4.39 Å². The van der Waals surface area contributed by atoms with E-state index in [2.05, 4.69) is 0 Å². The van der Waals surface area contributed by atoms with Gasteiger partial charge < -0.3 is 5.11 Å². The lowest BCUT2D eigenvalue weighted by Crippen LogP contribution is -2.33. The van der Waals surface area contributed by atoms with Crippen LogP contribution in [0.2, 0.25) is 0 Å². The van der Waals surface area contributed by atoms with Gasteiger partial charge in [0.25, 0.3) is 5.91 Å². The molecule has 0 atom stereocenters. The van der Waals surface area contributed by atoms with E-state index in [1.165, 1.54) is 6.08 Å². The van der Waals surface area contributed by atoms with Crippen molar-refractivity contribution >= 4 is 37.4 Å². The highest BCUT2D eigenvalue weighted by atomic mass is 32.2. The maximum Gasteiger partial charge on any atom is 0.390 e. The summed E-state index contributed by atoms with van der Waals surface area (Å²) in [7, 11) is -8.71. The number of carbonyl (C=O) groups is 1. The molecule has 0 unspecified atom stereocenters. The van der Waals surface area contributed by atoms with Crippen LogP contribution >= 0.6 is 0 Å². The zero-order valence-corrected chi connectivity index (χ0v) is 16.6. The smallest absolute Gasteiger partial charge is 0.390 e. The van der Waals surface area contributed by atoms with Gasteiger partial charge in [0.05, 0.1) is 12.2 Å². The maximum absolute atomic E-state index is 15.1. The number of hydrogen-bond acceptors (Lipinski definition) is 6. The van der Waals surface area contributed by atoms with E-state index in [4.69, 9.17) is 0 Å². The second-order valence-electron chi connectivity index (χ2n) is 6.53. The van der Waals surface area contributed by atoms with Gasteiger partial charge in [-0.1, -0.05) is 6.08 Å². The predicted octanol–water partition coefficient (Wildman–Crippen LogP) is 0.694. The van der Waals surface area contributed by atoms with Crippen LogP contribution < -0.4 is 9.03 Å². The number of anilines is 1. The van der Waals surface area contributed by atoms with Crippen molar-refractivity contribution in [3.63, 3.8) is 0 Å². The molecule has 0 radical (unpaired) electrons. The normalized spacial score (nSPS) is 19.8. The standard InChI is InChI=1S/C15H15F4N3O6S2/c16-13-10(1-2-11(23)14(13)22-8-12(24)20-30(22,27)28)9-3-5-21(7-9)29(25,26)6-4-15(17,18)19/h1-3,23H,4-8H2,(H,20,24). The van der Waals surface area contributed by atoms with Crippen LogP contribution in [0.1, 0.15) is 12.0 Å². The van der Waals surface area contributed by atoms with Gasteiger partial charge in [-0.25, -0.2) is 21.8 Å². The minimum atomic E-state index is -4.66. The summed E-state index contributed by atoms with van der Waals surface area (Å²) in [6.07, 6.45) is -4.92. The Kier molecular flexibility index (Phi) is 5.49. The molecule has 0 bridgehead atoms. The van der Waals surface area contributed by atoms with Crippen LogP contribution in [-0.2, 0) is 25.0 Å². The van der Waals surface area contributed by atoms with Crippen LogP contribution in [-0.4, -0.2) is 63.7 Å². The highest BCUT2D eigenvalue weighted by Crippen LogP contribution is 2.38. The summed E-state index contributed by atoms with van der Waals surface area (Å²) in [6, 6.07) is 2.04. The number of nitrogens with one attached hydrogen (secondary N) is 1. The Morgan fingerprint density at radius 3 is 2.43 bits per heavy atom. The first-order valence-corrected chi connectivity index (χ1v) is 11.3. The van der Waals surface area contributed by atoms with E-state index < -0.39 is 74.8 Å². The second-order valence-corrected chi connectivity index (χ2v) is 10.2. The summed E-state index contributed by atoms with van der Waals surface area (Å²) in [5.74, 6) is -4.11. The Morgan fingerprint density at radius 2 is 1.87 bits per heavy atom. The van der Waals surface area contributed by atoms with Crippen molar-refractivity contribution in [1.29, 1.82) is 0 Å². The Bertz CT molecular complexity index is 1130. The van der Waals surface area contributed by atoms with Crippen molar-refractivity contribution in [2.75, 3.05) is 29.7 Å². The molecule has 2 aliphatic rings.